The van der Waals surface area contributed by atoms with Crippen LogP contribution in [-0.4, -0.2) is 50.2 Å². The van der Waals surface area contributed by atoms with E-state index in [1.165, 1.54) is 16.8 Å². The van der Waals surface area contributed by atoms with E-state index in [0.717, 1.165) is 38.2 Å². The van der Waals surface area contributed by atoms with E-state index in [0.29, 0.717) is 17.3 Å². The molecule has 0 spiro atoms. The molecule has 34 heavy (non-hydrogen) atoms. The lowest BCUT2D eigenvalue weighted by Crippen LogP contribution is -2.44. The summed E-state index contributed by atoms with van der Waals surface area (Å²) in [5, 5.41) is 5.40. The number of hydrogen-bond donors (Lipinski definition) is 0. The van der Waals surface area contributed by atoms with Gasteiger partial charge in [-0.2, -0.15) is 0 Å². The second-order valence-corrected chi connectivity index (χ2v) is 9.43. The maximum absolute atomic E-state index is 6.65. The molecule has 1 aliphatic heterocycles. The highest BCUT2D eigenvalue weighted by Gasteiger charge is 2.45. The van der Waals surface area contributed by atoms with Crippen molar-refractivity contribution in [2.45, 2.75) is 32.2 Å². The predicted octanol–water partition coefficient (Wildman–Crippen LogP) is 6.23. The van der Waals surface area contributed by atoms with E-state index >= 15 is 0 Å². The van der Waals surface area contributed by atoms with E-state index in [2.05, 4.69) is 96.5 Å². The summed E-state index contributed by atoms with van der Waals surface area (Å²) in [6, 6.07) is 25.9. The fourth-order valence-electron chi connectivity index (χ4n) is 5.25. The zero-order valence-electron chi connectivity index (χ0n) is 20.8. The zero-order valence-corrected chi connectivity index (χ0v) is 21.6. The third-order valence-corrected chi connectivity index (χ3v) is 7.70. The van der Waals surface area contributed by atoms with Gasteiger partial charge in [0, 0.05) is 25.6 Å². The van der Waals surface area contributed by atoms with Gasteiger partial charge in [-0.15, -0.1) is 0 Å². The van der Waals surface area contributed by atoms with Gasteiger partial charge in [-0.3, -0.25) is 0 Å². The van der Waals surface area contributed by atoms with Crippen LogP contribution in [0, 0.1) is 0 Å². The first-order valence-corrected chi connectivity index (χ1v) is 12.6. The van der Waals surface area contributed by atoms with E-state index in [1.54, 1.807) is 7.11 Å². The fourth-order valence-corrected chi connectivity index (χ4v) is 5.52. The largest absolute Gasteiger partial charge is 0.495 e. The first-order valence-electron chi connectivity index (χ1n) is 12.2. The standard InChI is InChI=1S/C29H36ClN3O/c1-5-32(6-2)20-19-29(24-14-8-7-9-15-24)22-33(26-17-11-10-16-25(26)29)31(3)21-23-13-12-18-27(34-4)28(23)30/h7-18H,5-6,19-22H2,1-4H3/t29-/m0/s1. The minimum atomic E-state index is -0.0765. The molecule has 4 nitrogen and oxygen atoms in total. The molecule has 0 amide bonds. The lowest BCUT2D eigenvalue weighted by molar-refractivity contribution is 0.254. The van der Waals surface area contributed by atoms with Crippen molar-refractivity contribution in [1.29, 1.82) is 0 Å². The van der Waals surface area contributed by atoms with Crippen LogP contribution in [0.3, 0.4) is 0 Å². The minimum absolute atomic E-state index is 0.0765. The van der Waals surface area contributed by atoms with Crippen LogP contribution >= 0.6 is 11.6 Å². The summed E-state index contributed by atoms with van der Waals surface area (Å²) < 4.78 is 5.45. The Kier molecular flexibility index (Phi) is 7.82. The summed E-state index contributed by atoms with van der Waals surface area (Å²) in [6.45, 7) is 9.30. The van der Waals surface area contributed by atoms with Crippen LogP contribution in [-0.2, 0) is 12.0 Å². The molecule has 1 heterocycles. The van der Waals surface area contributed by atoms with Crippen molar-refractivity contribution in [3.8, 4) is 5.75 Å². The first kappa shape index (κ1) is 24.6. The maximum atomic E-state index is 6.65. The number of nitrogens with zero attached hydrogens (tertiary/aromatic N) is 3. The molecule has 0 saturated heterocycles. The molecule has 1 atom stereocenters. The number of halogens is 1. The van der Waals surface area contributed by atoms with E-state index in [-0.39, 0.29) is 5.41 Å². The molecule has 0 saturated carbocycles. The first-order chi connectivity index (χ1) is 16.5. The highest BCUT2D eigenvalue weighted by Crippen LogP contribution is 2.48. The molecule has 0 N–H and O–H groups in total. The van der Waals surface area contributed by atoms with E-state index in [9.17, 15) is 0 Å². The van der Waals surface area contributed by atoms with Gasteiger partial charge in [0.15, 0.2) is 0 Å². The molecule has 0 aromatic heterocycles. The van der Waals surface area contributed by atoms with Crippen LogP contribution in [0.2, 0.25) is 5.02 Å². The van der Waals surface area contributed by atoms with Gasteiger partial charge in [0.05, 0.1) is 17.8 Å². The molecule has 3 aromatic carbocycles. The molecule has 0 fully saturated rings. The monoisotopic (exact) mass is 477 g/mol. The van der Waals surface area contributed by atoms with Crippen molar-refractivity contribution >= 4 is 17.3 Å². The number of methoxy groups -OCH3 is 1. The number of rotatable bonds is 10. The zero-order chi connectivity index (χ0) is 24.1. The molecular weight excluding hydrogens is 442 g/mol. The Labute approximate surface area is 209 Å². The highest BCUT2D eigenvalue weighted by molar-refractivity contribution is 6.32. The van der Waals surface area contributed by atoms with Gasteiger partial charge < -0.3 is 14.6 Å². The van der Waals surface area contributed by atoms with Gasteiger partial charge in [-0.05, 0) is 54.9 Å². The van der Waals surface area contributed by atoms with Crippen LogP contribution in [0.5, 0.6) is 5.75 Å². The van der Waals surface area contributed by atoms with Crippen molar-refractivity contribution in [2.75, 3.05) is 45.3 Å². The number of anilines is 1. The topological polar surface area (TPSA) is 19.0 Å². The Morgan fingerprint density at radius 2 is 1.65 bits per heavy atom. The summed E-state index contributed by atoms with van der Waals surface area (Å²) in [5.41, 5.74) is 5.03. The Bertz CT molecular complexity index is 1090. The third-order valence-electron chi connectivity index (χ3n) is 7.27. The molecule has 4 rings (SSSR count). The number of benzene rings is 3. The van der Waals surface area contributed by atoms with Crippen LogP contribution in [0.15, 0.2) is 72.8 Å². The fraction of sp³-hybridized carbons (Fsp3) is 0.379. The molecule has 0 bridgehead atoms. The second kappa shape index (κ2) is 10.8. The second-order valence-electron chi connectivity index (χ2n) is 9.05. The van der Waals surface area contributed by atoms with Crippen LogP contribution in [0.4, 0.5) is 5.69 Å². The van der Waals surface area contributed by atoms with Crippen molar-refractivity contribution in [2.24, 2.45) is 0 Å². The summed E-state index contributed by atoms with van der Waals surface area (Å²) in [5.74, 6) is 0.715. The van der Waals surface area contributed by atoms with Gasteiger partial charge in [0.25, 0.3) is 0 Å². The molecular formula is C29H36ClN3O. The summed E-state index contributed by atoms with van der Waals surface area (Å²) in [4.78, 5) is 2.52. The quantitative estimate of drug-likeness (QED) is 0.344. The van der Waals surface area contributed by atoms with E-state index < -0.39 is 0 Å². The van der Waals surface area contributed by atoms with Gasteiger partial charge in [-0.25, -0.2) is 5.01 Å². The number of hydrazine groups is 1. The average Bonchev–Trinajstić information content (AvgIpc) is 3.22. The van der Waals surface area contributed by atoms with Crippen LogP contribution in [0.1, 0.15) is 37.0 Å². The molecule has 180 valence electrons. The summed E-state index contributed by atoms with van der Waals surface area (Å²) >= 11 is 6.65. The van der Waals surface area contributed by atoms with E-state index in [1.807, 2.05) is 12.1 Å². The highest BCUT2D eigenvalue weighted by atomic mass is 35.5. The number of fused-ring (bicyclic) bond motifs is 1. The van der Waals surface area contributed by atoms with Crippen molar-refractivity contribution in [1.82, 2.24) is 9.91 Å². The Morgan fingerprint density at radius 3 is 2.35 bits per heavy atom. The lowest BCUT2D eigenvalue weighted by Gasteiger charge is -2.36. The van der Waals surface area contributed by atoms with Gasteiger partial charge >= 0.3 is 0 Å². The molecule has 1 aliphatic rings. The van der Waals surface area contributed by atoms with Crippen LogP contribution < -0.4 is 9.75 Å². The van der Waals surface area contributed by atoms with Gasteiger partial charge in [-0.1, -0.05) is 86.1 Å². The smallest absolute Gasteiger partial charge is 0.137 e. The Balaban J connectivity index is 1.71. The number of para-hydroxylation sites is 1. The van der Waals surface area contributed by atoms with Gasteiger partial charge in [0.1, 0.15) is 5.75 Å². The van der Waals surface area contributed by atoms with Gasteiger partial charge in [0.2, 0.25) is 0 Å². The maximum Gasteiger partial charge on any atom is 0.137 e. The molecule has 5 heteroatoms. The third kappa shape index (κ3) is 4.68. The van der Waals surface area contributed by atoms with E-state index in [4.69, 9.17) is 16.3 Å². The molecule has 0 radical (unpaired) electrons. The summed E-state index contributed by atoms with van der Waals surface area (Å²) in [7, 11) is 3.81. The average molecular weight is 478 g/mol. The Morgan fingerprint density at radius 1 is 0.941 bits per heavy atom. The predicted molar refractivity (Wildman–Crippen MR) is 143 cm³/mol. The van der Waals surface area contributed by atoms with Crippen LogP contribution in [0.25, 0.3) is 0 Å². The lowest BCUT2D eigenvalue weighted by atomic mass is 9.73. The number of ether oxygens (including phenoxy) is 1. The molecule has 3 aromatic rings. The number of hydrogen-bond acceptors (Lipinski definition) is 4. The molecule has 0 unspecified atom stereocenters. The SMILES string of the molecule is CCN(CC)CC[C@@]1(c2ccccc2)CN(N(C)Cc2cccc(OC)c2Cl)c2ccccc21. The van der Waals surface area contributed by atoms with Crippen molar-refractivity contribution < 1.29 is 4.74 Å². The van der Waals surface area contributed by atoms with Crippen molar-refractivity contribution in [3.63, 3.8) is 0 Å². The normalized spacial score (nSPS) is 17.4. The van der Waals surface area contributed by atoms with Crippen molar-refractivity contribution in [3.05, 3.63) is 94.5 Å². The Hall–Kier alpha value is -2.53. The minimum Gasteiger partial charge on any atom is -0.495 e. The molecule has 0 aliphatic carbocycles. The summed E-state index contributed by atoms with van der Waals surface area (Å²) in [6.07, 6.45) is 1.07.